The number of carbonyl (C=O) groups is 3. The number of amides is 2. The third-order valence-corrected chi connectivity index (χ3v) is 5.60. The molecule has 0 N–H and O–H groups in total. The summed E-state index contributed by atoms with van der Waals surface area (Å²) in [5.74, 6) is -0.615. The van der Waals surface area contributed by atoms with Crippen LogP contribution in [0.2, 0.25) is 0 Å². The van der Waals surface area contributed by atoms with E-state index < -0.39 is 6.04 Å². The molecule has 0 aliphatic carbocycles. The zero-order valence-corrected chi connectivity index (χ0v) is 14.3. The summed E-state index contributed by atoms with van der Waals surface area (Å²) in [5, 5.41) is 0. The number of rotatable bonds is 5. The minimum absolute atomic E-state index is 0.0766. The van der Waals surface area contributed by atoms with Crippen LogP contribution < -0.4 is 4.46 Å². The molecule has 4 nitrogen and oxygen atoms in total. The molecule has 0 bridgehead atoms. The van der Waals surface area contributed by atoms with Crippen LogP contribution in [0, 0.1) is 0 Å². The van der Waals surface area contributed by atoms with Crippen LogP contribution in [-0.2, 0) is 4.79 Å². The number of nitrogens with zero attached hydrogens (tertiary/aromatic N) is 1. The van der Waals surface area contributed by atoms with Crippen molar-refractivity contribution in [2.24, 2.45) is 0 Å². The molecule has 2 amide bonds. The Morgan fingerprint density at radius 1 is 0.957 bits per heavy atom. The van der Waals surface area contributed by atoms with E-state index in [1.165, 1.54) is 4.90 Å². The first kappa shape index (κ1) is 15.7. The maximum absolute atomic E-state index is 12.4. The minimum atomic E-state index is -0.430. The quantitative estimate of drug-likeness (QED) is 0.592. The molecule has 1 heterocycles. The maximum atomic E-state index is 12.4. The van der Waals surface area contributed by atoms with Crippen LogP contribution in [-0.4, -0.2) is 42.4 Å². The van der Waals surface area contributed by atoms with E-state index >= 15 is 0 Å². The van der Waals surface area contributed by atoms with E-state index in [1.54, 1.807) is 31.2 Å². The Bertz CT molecular complexity index is 738. The van der Waals surface area contributed by atoms with Crippen LogP contribution in [0.4, 0.5) is 0 Å². The Balaban J connectivity index is 1.70. The van der Waals surface area contributed by atoms with Gasteiger partial charge in [-0.05, 0) is 0 Å². The van der Waals surface area contributed by atoms with Gasteiger partial charge < -0.3 is 0 Å². The second-order valence-corrected chi connectivity index (χ2v) is 7.74. The fraction of sp³-hybridized carbons (Fsp3) is 0.167. The normalized spacial score (nSPS) is 14.7. The van der Waals surface area contributed by atoms with Crippen molar-refractivity contribution in [2.45, 2.75) is 19.4 Å². The second kappa shape index (κ2) is 6.49. The Hall–Kier alpha value is -2.23. The van der Waals surface area contributed by atoms with Gasteiger partial charge in [-0.3, -0.25) is 0 Å². The summed E-state index contributed by atoms with van der Waals surface area (Å²) >= 11 is -0.297. The Kier molecular flexibility index (Phi) is 4.42. The topological polar surface area (TPSA) is 54.5 Å². The third-order valence-electron chi connectivity index (χ3n) is 3.70. The van der Waals surface area contributed by atoms with E-state index in [-0.39, 0.29) is 37.9 Å². The van der Waals surface area contributed by atoms with Gasteiger partial charge in [0, 0.05) is 0 Å². The van der Waals surface area contributed by atoms with E-state index in [4.69, 9.17) is 0 Å². The molecule has 0 fully saturated rings. The summed E-state index contributed by atoms with van der Waals surface area (Å²) in [7, 11) is 0. The van der Waals surface area contributed by atoms with Crippen molar-refractivity contribution < 1.29 is 14.4 Å². The van der Waals surface area contributed by atoms with Gasteiger partial charge in [-0.1, -0.05) is 0 Å². The average Bonchev–Trinajstić information content (AvgIpc) is 2.80. The third kappa shape index (κ3) is 3.11. The van der Waals surface area contributed by atoms with Crippen molar-refractivity contribution in [3.05, 3.63) is 65.7 Å². The van der Waals surface area contributed by atoms with Crippen molar-refractivity contribution in [3.63, 3.8) is 0 Å². The summed E-state index contributed by atoms with van der Waals surface area (Å²) in [4.78, 5) is 38.2. The summed E-state index contributed by atoms with van der Waals surface area (Å²) in [6.07, 6.45) is 0.195. The van der Waals surface area contributed by atoms with Crippen LogP contribution in [0.5, 0.6) is 0 Å². The van der Waals surface area contributed by atoms with E-state index in [2.05, 4.69) is 0 Å². The van der Waals surface area contributed by atoms with Crippen LogP contribution >= 0.6 is 0 Å². The van der Waals surface area contributed by atoms with Crippen molar-refractivity contribution in [1.29, 1.82) is 0 Å². The van der Waals surface area contributed by atoms with Crippen LogP contribution in [0.3, 0.4) is 0 Å². The SMILES string of the molecule is CC(CC(=O)[Se]c1ccccc1)N1C(=O)c2ccccc2C1=O. The molecule has 0 spiro atoms. The predicted molar refractivity (Wildman–Crippen MR) is 87.9 cm³/mol. The fourth-order valence-electron chi connectivity index (χ4n) is 2.60. The Morgan fingerprint density at radius 2 is 1.48 bits per heavy atom. The van der Waals surface area contributed by atoms with Crippen molar-refractivity contribution in [1.82, 2.24) is 4.90 Å². The van der Waals surface area contributed by atoms with Crippen molar-refractivity contribution >= 4 is 35.9 Å². The molecule has 2 aromatic carbocycles. The zero-order valence-electron chi connectivity index (χ0n) is 12.6. The van der Waals surface area contributed by atoms with E-state index in [0.29, 0.717) is 11.1 Å². The number of hydrogen-bond donors (Lipinski definition) is 0. The van der Waals surface area contributed by atoms with Crippen LogP contribution in [0.25, 0.3) is 0 Å². The van der Waals surface area contributed by atoms with Gasteiger partial charge in [0.15, 0.2) is 0 Å². The van der Waals surface area contributed by atoms with Gasteiger partial charge in [0.25, 0.3) is 0 Å². The van der Waals surface area contributed by atoms with E-state index in [0.717, 1.165) is 4.46 Å². The molecule has 1 aliphatic heterocycles. The number of imide groups is 1. The first-order valence-corrected chi connectivity index (χ1v) is 9.02. The molecule has 5 heteroatoms. The molecule has 0 aromatic heterocycles. The molecule has 1 atom stereocenters. The summed E-state index contributed by atoms with van der Waals surface area (Å²) in [6.45, 7) is 1.75. The van der Waals surface area contributed by atoms with Crippen LogP contribution in [0.15, 0.2) is 54.6 Å². The predicted octanol–water partition coefficient (Wildman–Crippen LogP) is 1.62. The first-order chi connectivity index (χ1) is 11.1. The monoisotopic (exact) mass is 373 g/mol. The molecular weight excluding hydrogens is 357 g/mol. The standard InChI is InChI=1S/C18H15NO3Se/c1-12(11-16(20)23-13-7-3-2-4-8-13)19-17(21)14-9-5-6-10-15(14)18(19)22/h2-10,12H,11H2,1H3. The average molecular weight is 372 g/mol. The summed E-state index contributed by atoms with van der Waals surface area (Å²) in [6, 6.07) is 15.9. The number of fused-ring (bicyclic) bond motifs is 1. The van der Waals surface area contributed by atoms with Gasteiger partial charge in [0.1, 0.15) is 0 Å². The number of carbonyl (C=O) groups excluding carboxylic acids is 3. The van der Waals surface area contributed by atoms with Gasteiger partial charge in [-0.25, -0.2) is 0 Å². The summed E-state index contributed by atoms with van der Waals surface area (Å²) < 4.78 is 1.08. The number of benzene rings is 2. The molecule has 23 heavy (non-hydrogen) atoms. The van der Waals surface area contributed by atoms with Crippen LogP contribution in [0.1, 0.15) is 34.1 Å². The number of hydrogen-bond acceptors (Lipinski definition) is 3. The van der Waals surface area contributed by atoms with Gasteiger partial charge >= 0.3 is 140 Å². The molecule has 1 unspecified atom stereocenters. The molecule has 0 saturated heterocycles. The fourth-order valence-corrected chi connectivity index (χ4v) is 4.45. The molecule has 3 rings (SSSR count). The molecular formula is C18H15NO3Se. The second-order valence-electron chi connectivity index (χ2n) is 5.37. The first-order valence-electron chi connectivity index (χ1n) is 7.30. The van der Waals surface area contributed by atoms with Crippen molar-refractivity contribution in [3.8, 4) is 0 Å². The molecule has 2 aromatic rings. The van der Waals surface area contributed by atoms with Gasteiger partial charge in [-0.2, -0.15) is 0 Å². The summed E-state index contributed by atoms with van der Waals surface area (Å²) in [5.41, 5.74) is 0.843. The molecule has 116 valence electrons. The Labute approximate surface area is 140 Å². The van der Waals surface area contributed by atoms with Gasteiger partial charge in [-0.15, -0.1) is 0 Å². The zero-order chi connectivity index (χ0) is 16.4. The van der Waals surface area contributed by atoms with Gasteiger partial charge in [0.05, 0.1) is 0 Å². The van der Waals surface area contributed by atoms with Crippen molar-refractivity contribution in [2.75, 3.05) is 0 Å². The molecule has 0 radical (unpaired) electrons. The Morgan fingerprint density at radius 3 is 2.04 bits per heavy atom. The molecule has 1 aliphatic rings. The van der Waals surface area contributed by atoms with E-state index in [1.807, 2.05) is 30.3 Å². The van der Waals surface area contributed by atoms with Gasteiger partial charge in [0.2, 0.25) is 0 Å². The van der Waals surface area contributed by atoms with E-state index in [9.17, 15) is 14.4 Å². The molecule has 0 saturated carbocycles.